The van der Waals surface area contributed by atoms with Crippen molar-refractivity contribution in [2.75, 3.05) is 24.5 Å². The maximum Gasteiger partial charge on any atom is 0.261 e. The van der Waals surface area contributed by atoms with Crippen LogP contribution in [0.15, 0.2) is 6.07 Å². The minimum atomic E-state index is 0.0855. The Morgan fingerprint density at radius 3 is 3.06 bits per heavy atom. The van der Waals surface area contributed by atoms with Crippen LogP contribution in [0.5, 0.6) is 0 Å². The van der Waals surface area contributed by atoms with E-state index in [9.17, 15) is 4.79 Å². The molecule has 0 radical (unpaired) electrons. The molecule has 0 saturated carbocycles. The lowest BCUT2D eigenvalue weighted by Crippen LogP contribution is -2.27. The van der Waals surface area contributed by atoms with Crippen LogP contribution in [-0.4, -0.2) is 25.5 Å². The first-order valence-electron chi connectivity index (χ1n) is 6.42. The fourth-order valence-electron chi connectivity index (χ4n) is 2.17. The molecule has 0 unspecified atom stereocenters. The second-order valence-electron chi connectivity index (χ2n) is 4.38. The van der Waals surface area contributed by atoms with Crippen LogP contribution in [0.3, 0.4) is 0 Å². The van der Waals surface area contributed by atoms with Gasteiger partial charge in [0.1, 0.15) is 0 Å². The van der Waals surface area contributed by atoms with Gasteiger partial charge in [0.15, 0.2) is 0 Å². The zero-order valence-electron chi connectivity index (χ0n) is 10.6. The average molecular weight is 252 g/mol. The van der Waals surface area contributed by atoms with E-state index < -0.39 is 0 Å². The molecule has 0 saturated heterocycles. The number of hydrogen-bond acceptors (Lipinski definition) is 3. The van der Waals surface area contributed by atoms with Crippen molar-refractivity contribution in [1.29, 1.82) is 0 Å². The number of thiophene rings is 1. The molecule has 1 amide bonds. The highest BCUT2D eigenvalue weighted by Crippen LogP contribution is 2.35. The number of aryl methyl sites for hydroxylation is 1. The summed E-state index contributed by atoms with van der Waals surface area (Å²) < 4.78 is 0. The smallest absolute Gasteiger partial charge is 0.261 e. The standard InChI is InChI=1S/C13H20N2OS/c1-3-7-14-12(16)11-9-10-6-5-8-15(4-2)13(10)17-11/h9H,3-8H2,1-2H3,(H,14,16). The highest BCUT2D eigenvalue weighted by molar-refractivity contribution is 7.18. The molecule has 0 atom stereocenters. The van der Waals surface area contributed by atoms with E-state index in [2.05, 4.69) is 30.1 Å². The summed E-state index contributed by atoms with van der Waals surface area (Å²) in [7, 11) is 0. The van der Waals surface area contributed by atoms with E-state index in [0.717, 1.165) is 37.4 Å². The van der Waals surface area contributed by atoms with Crippen molar-refractivity contribution in [2.24, 2.45) is 0 Å². The molecule has 1 N–H and O–H groups in total. The van der Waals surface area contributed by atoms with Crippen LogP contribution < -0.4 is 10.2 Å². The van der Waals surface area contributed by atoms with Crippen LogP contribution in [0.2, 0.25) is 0 Å². The molecule has 1 aliphatic rings. The Morgan fingerprint density at radius 2 is 2.35 bits per heavy atom. The first-order chi connectivity index (χ1) is 8.26. The Labute approximate surface area is 107 Å². The highest BCUT2D eigenvalue weighted by atomic mass is 32.1. The Kier molecular flexibility index (Phi) is 4.05. The molecule has 17 heavy (non-hydrogen) atoms. The van der Waals surface area contributed by atoms with E-state index in [4.69, 9.17) is 0 Å². The third-order valence-electron chi connectivity index (χ3n) is 3.09. The molecule has 2 heterocycles. The van der Waals surface area contributed by atoms with Crippen molar-refractivity contribution >= 4 is 22.2 Å². The van der Waals surface area contributed by atoms with Gasteiger partial charge in [-0.15, -0.1) is 11.3 Å². The Balaban J connectivity index is 2.15. The molecule has 2 rings (SSSR count). The van der Waals surface area contributed by atoms with Gasteiger partial charge in [0.25, 0.3) is 5.91 Å². The van der Waals surface area contributed by atoms with Gasteiger partial charge in [-0.05, 0) is 37.8 Å². The minimum Gasteiger partial charge on any atom is -0.363 e. The molecule has 94 valence electrons. The van der Waals surface area contributed by atoms with Gasteiger partial charge in [-0.1, -0.05) is 6.92 Å². The summed E-state index contributed by atoms with van der Waals surface area (Å²) in [4.78, 5) is 15.1. The maximum atomic E-state index is 11.9. The second kappa shape index (κ2) is 5.54. The highest BCUT2D eigenvalue weighted by Gasteiger charge is 2.21. The number of anilines is 1. The summed E-state index contributed by atoms with van der Waals surface area (Å²) >= 11 is 1.64. The fraction of sp³-hybridized carbons (Fsp3) is 0.615. The molecule has 0 fully saturated rings. The number of fused-ring (bicyclic) bond motifs is 1. The second-order valence-corrected chi connectivity index (χ2v) is 5.41. The van der Waals surface area contributed by atoms with Crippen LogP contribution in [0.25, 0.3) is 0 Å². The fourth-order valence-corrected chi connectivity index (χ4v) is 3.38. The lowest BCUT2D eigenvalue weighted by molar-refractivity contribution is 0.0957. The third-order valence-corrected chi connectivity index (χ3v) is 4.33. The molecule has 1 aliphatic heterocycles. The van der Waals surface area contributed by atoms with Crippen molar-refractivity contribution in [2.45, 2.75) is 33.1 Å². The van der Waals surface area contributed by atoms with Gasteiger partial charge in [0.2, 0.25) is 0 Å². The van der Waals surface area contributed by atoms with Crippen molar-refractivity contribution < 1.29 is 4.79 Å². The third kappa shape index (κ3) is 2.63. The van der Waals surface area contributed by atoms with Gasteiger partial charge < -0.3 is 10.2 Å². The van der Waals surface area contributed by atoms with Gasteiger partial charge >= 0.3 is 0 Å². The SMILES string of the molecule is CCCNC(=O)c1cc2c(s1)N(CC)CCC2. The summed E-state index contributed by atoms with van der Waals surface area (Å²) in [5.41, 5.74) is 1.35. The van der Waals surface area contributed by atoms with Gasteiger partial charge in [-0.3, -0.25) is 4.79 Å². The Hall–Kier alpha value is -1.03. The van der Waals surface area contributed by atoms with Crippen LogP contribution >= 0.6 is 11.3 Å². The number of nitrogens with one attached hydrogen (secondary N) is 1. The predicted octanol–water partition coefficient (Wildman–Crippen LogP) is 2.66. The van der Waals surface area contributed by atoms with Crippen molar-refractivity contribution in [3.63, 3.8) is 0 Å². The van der Waals surface area contributed by atoms with Gasteiger partial charge in [-0.25, -0.2) is 0 Å². The number of nitrogens with zero attached hydrogens (tertiary/aromatic N) is 1. The lowest BCUT2D eigenvalue weighted by atomic mass is 10.1. The van der Waals surface area contributed by atoms with Crippen LogP contribution in [0.4, 0.5) is 5.00 Å². The number of carbonyl (C=O) groups is 1. The zero-order valence-corrected chi connectivity index (χ0v) is 11.4. The van der Waals surface area contributed by atoms with Crippen molar-refractivity contribution in [3.8, 4) is 0 Å². The largest absolute Gasteiger partial charge is 0.363 e. The first kappa shape index (κ1) is 12.4. The van der Waals surface area contributed by atoms with E-state index in [1.807, 2.05) is 0 Å². The summed E-state index contributed by atoms with van der Waals surface area (Å²) in [5.74, 6) is 0.0855. The maximum absolute atomic E-state index is 11.9. The molecular weight excluding hydrogens is 232 g/mol. The lowest BCUT2D eigenvalue weighted by Gasteiger charge is -2.26. The molecule has 1 aromatic rings. The number of carbonyl (C=O) groups excluding carboxylic acids is 1. The number of rotatable bonds is 4. The molecule has 0 aliphatic carbocycles. The zero-order chi connectivity index (χ0) is 12.3. The Bertz CT molecular complexity index is 400. The van der Waals surface area contributed by atoms with E-state index in [-0.39, 0.29) is 5.91 Å². The number of amides is 1. The van der Waals surface area contributed by atoms with Gasteiger partial charge in [0, 0.05) is 19.6 Å². The molecule has 0 spiro atoms. The van der Waals surface area contributed by atoms with E-state index in [1.54, 1.807) is 11.3 Å². The Morgan fingerprint density at radius 1 is 1.53 bits per heavy atom. The van der Waals surface area contributed by atoms with Crippen LogP contribution in [0, 0.1) is 0 Å². The summed E-state index contributed by atoms with van der Waals surface area (Å²) in [6, 6.07) is 2.08. The van der Waals surface area contributed by atoms with Crippen LogP contribution in [0.1, 0.15) is 41.9 Å². The molecule has 0 bridgehead atoms. The van der Waals surface area contributed by atoms with Crippen LogP contribution in [-0.2, 0) is 6.42 Å². The van der Waals surface area contributed by atoms with Gasteiger partial charge in [-0.2, -0.15) is 0 Å². The summed E-state index contributed by atoms with van der Waals surface area (Å²) in [6.45, 7) is 7.16. The molecular formula is C13H20N2OS. The molecule has 0 aromatic carbocycles. The topological polar surface area (TPSA) is 32.3 Å². The van der Waals surface area contributed by atoms with Crippen molar-refractivity contribution in [3.05, 3.63) is 16.5 Å². The van der Waals surface area contributed by atoms with E-state index in [0.29, 0.717) is 0 Å². The van der Waals surface area contributed by atoms with Gasteiger partial charge in [0.05, 0.1) is 9.88 Å². The average Bonchev–Trinajstić information content (AvgIpc) is 2.79. The molecule has 1 aromatic heterocycles. The normalized spacial score (nSPS) is 14.6. The van der Waals surface area contributed by atoms with E-state index in [1.165, 1.54) is 17.0 Å². The first-order valence-corrected chi connectivity index (χ1v) is 7.23. The number of hydrogen-bond donors (Lipinski definition) is 1. The minimum absolute atomic E-state index is 0.0855. The predicted molar refractivity (Wildman–Crippen MR) is 73.2 cm³/mol. The quantitative estimate of drug-likeness (QED) is 0.893. The van der Waals surface area contributed by atoms with Crippen molar-refractivity contribution in [1.82, 2.24) is 5.32 Å². The van der Waals surface area contributed by atoms with E-state index >= 15 is 0 Å². The molecule has 3 nitrogen and oxygen atoms in total. The monoisotopic (exact) mass is 252 g/mol. The molecule has 4 heteroatoms. The summed E-state index contributed by atoms with van der Waals surface area (Å²) in [6.07, 6.45) is 3.30. The summed E-state index contributed by atoms with van der Waals surface area (Å²) in [5, 5.41) is 4.25.